The highest BCUT2D eigenvalue weighted by atomic mass is 35.5. The lowest BCUT2D eigenvalue weighted by atomic mass is 9.92. The molecule has 0 amide bonds. The van der Waals surface area contributed by atoms with E-state index in [0.29, 0.717) is 11.2 Å². The number of benzene rings is 2. The Kier molecular flexibility index (Phi) is 8.84. The lowest BCUT2D eigenvalue weighted by Crippen LogP contribution is -2.68. The van der Waals surface area contributed by atoms with E-state index in [1.54, 1.807) is 4.57 Å². The van der Waals surface area contributed by atoms with Crippen LogP contribution in [0, 0.1) is 12.3 Å². The van der Waals surface area contributed by atoms with Crippen LogP contribution in [0.5, 0.6) is 0 Å². The van der Waals surface area contributed by atoms with Crippen molar-refractivity contribution in [3.63, 3.8) is 0 Å². The van der Waals surface area contributed by atoms with Crippen LogP contribution in [-0.4, -0.2) is 65.3 Å². The maximum atomic E-state index is 12.4. The molecule has 2 aromatic heterocycles. The number of fused-ring (bicyclic) bond motifs is 1. The Hall–Kier alpha value is -3.79. The molecular weight excluding hydrogens is 598 g/mol. The lowest BCUT2D eigenvalue weighted by Gasteiger charge is -2.45. The molecule has 3 heterocycles. The molecule has 1 saturated heterocycles. The Balaban J connectivity index is 1.65. The monoisotopic (exact) mass is 633 g/mol. The number of aromatic nitrogens is 4. The first-order chi connectivity index (χ1) is 21.0. The second-order valence-electron chi connectivity index (χ2n) is 11.8. The van der Waals surface area contributed by atoms with E-state index in [2.05, 4.69) is 65.9 Å². The minimum Gasteiger partial charge on any atom is -0.455 e. The molecule has 10 nitrogen and oxygen atoms in total. The zero-order chi connectivity index (χ0) is 31.7. The van der Waals surface area contributed by atoms with Gasteiger partial charge >= 0.3 is 5.97 Å². The second-order valence-corrected chi connectivity index (χ2v) is 16.5. The fourth-order valence-electron chi connectivity index (χ4n) is 6.26. The van der Waals surface area contributed by atoms with Gasteiger partial charge in [-0.2, -0.15) is 9.97 Å². The van der Waals surface area contributed by atoms with Crippen molar-refractivity contribution < 1.29 is 23.4 Å². The van der Waals surface area contributed by atoms with Gasteiger partial charge in [0.15, 0.2) is 23.1 Å². The highest BCUT2D eigenvalue weighted by molar-refractivity contribution is 6.99. The summed E-state index contributed by atoms with van der Waals surface area (Å²) >= 11 is 6.32. The number of anilines is 1. The number of carbonyl (C=O) groups excluding carboxylic acids is 1. The van der Waals surface area contributed by atoms with Gasteiger partial charge in [-0.3, -0.25) is 9.36 Å². The molecule has 4 atom stereocenters. The minimum absolute atomic E-state index is 0.0421. The molecule has 0 aliphatic carbocycles. The zero-order valence-corrected chi connectivity index (χ0v) is 27.1. The quantitative estimate of drug-likeness (QED) is 0.127. The number of nitrogen functional groups attached to an aromatic ring is 1. The summed E-state index contributed by atoms with van der Waals surface area (Å²) in [5.74, 6) is 2.20. The number of methoxy groups -OCH3 is 1. The SMILES string of the molecule is C#CC[C@]1(CO[Si](c2ccccc2)(c2ccccc2)C(C)(C)C)O[C@@H](n2cnc3c(Cl)nc(N)nc32)[C@H](OC(C)=O)[C@@H]1OC. The number of halogens is 1. The number of terminal acetylenes is 1. The van der Waals surface area contributed by atoms with Crippen molar-refractivity contribution in [3.8, 4) is 12.3 Å². The zero-order valence-electron chi connectivity index (χ0n) is 25.4. The molecule has 1 fully saturated rings. The van der Waals surface area contributed by atoms with Crippen LogP contribution >= 0.6 is 11.6 Å². The van der Waals surface area contributed by atoms with E-state index in [1.165, 1.54) is 20.4 Å². The van der Waals surface area contributed by atoms with Crippen molar-refractivity contribution in [1.82, 2.24) is 19.5 Å². The van der Waals surface area contributed by atoms with Crippen LogP contribution in [0.1, 0.15) is 40.3 Å². The van der Waals surface area contributed by atoms with Gasteiger partial charge in [-0.05, 0) is 15.4 Å². The number of hydrogen-bond acceptors (Lipinski definition) is 9. The van der Waals surface area contributed by atoms with Gasteiger partial charge in [-0.1, -0.05) is 93.0 Å². The molecule has 5 rings (SSSR count). The molecule has 1 aliphatic heterocycles. The van der Waals surface area contributed by atoms with Gasteiger partial charge in [-0.25, -0.2) is 4.98 Å². The molecule has 1 aliphatic rings. The average Bonchev–Trinajstić information content (AvgIpc) is 3.52. The first-order valence-corrected chi connectivity index (χ1v) is 16.5. The number of carbonyl (C=O) groups is 1. The third kappa shape index (κ3) is 5.48. The van der Waals surface area contributed by atoms with Crippen molar-refractivity contribution in [1.29, 1.82) is 0 Å². The highest BCUT2D eigenvalue weighted by Gasteiger charge is 2.60. The third-order valence-electron chi connectivity index (χ3n) is 8.03. The number of hydrogen-bond donors (Lipinski definition) is 1. The molecule has 0 radical (unpaired) electrons. The molecule has 12 heteroatoms. The third-order valence-corrected chi connectivity index (χ3v) is 13.3. The number of rotatable bonds is 9. The van der Waals surface area contributed by atoms with Crippen molar-refractivity contribution >= 4 is 53.4 Å². The molecule has 4 aromatic rings. The molecule has 44 heavy (non-hydrogen) atoms. The fourth-order valence-corrected chi connectivity index (χ4v) is 11.1. The van der Waals surface area contributed by atoms with Gasteiger partial charge in [0.2, 0.25) is 5.95 Å². The van der Waals surface area contributed by atoms with Gasteiger partial charge in [0.25, 0.3) is 8.32 Å². The van der Waals surface area contributed by atoms with Gasteiger partial charge < -0.3 is 24.4 Å². The Bertz CT molecular complexity index is 1630. The van der Waals surface area contributed by atoms with Crippen molar-refractivity contribution in [2.24, 2.45) is 0 Å². The summed E-state index contributed by atoms with van der Waals surface area (Å²) in [4.78, 5) is 25.2. The predicted octanol–water partition coefficient (Wildman–Crippen LogP) is 3.88. The Labute approximate surface area is 263 Å². The van der Waals surface area contributed by atoms with E-state index < -0.39 is 38.3 Å². The topological polar surface area (TPSA) is 124 Å². The molecular formula is C32H36ClN5O5Si. The number of imidazole rings is 1. The molecule has 0 spiro atoms. The summed E-state index contributed by atoms with van der Waals surface area (Å²) in [6.45, 7) is 7.93. The Morgan fingerprint density at radius 1 is 1.14 bits per heavy atom. The largest absolute Gasteiger partial charge is 0.455 e. The van der Waals surface area contributed by atoms with Crippen molar-refractivity contribution in [2.45, 2.75) is 63.2 Å². The second kappa shape index (κ2) is 12.3. The first-order valence-electron chi connectivity index (χ1n) is 14.2. The van der Waals surface area contributed by atoms with E-state index in [4.69, 9.17) is 42.4 Å². The molecule has 230 valence electrons. The van der Waals surface area contributed by atoms with Crippen LogP contribution < -0.4 is 16.1 Å². The number of nitrogens with two attached hydrogens (primary N) is 1. The Morgan fingerprint density at radius 3 is 2.27 bits per heavy atom. The normalized spacial score (nSPS) is 22.2. The predicted molar refractivity (Wildman–Crippen MR) is 171 cm³/mol. The minimum atomic E-state index is -3.02. The van der Waals surface area contributed by atoms with E-state index in [9.17, 15) is 4.79 Å². The molecule has 2 N–H and O–H groups in total. The van der Waals surface area contributed by atoms with E-state index in [-0.39, 0.29) is 29.2 Å². The van der Waals surface area contributed by atoms with Crippen LogP contribution in [0.25, 0.3) is 11.2 Å². The average molecular weight is 634 g/mol. The lowest BCUT2D eigenvalue weighted by molar-refractivity contribution is -0.156. The maximum absolute atomic E-state index is 12.4. The van der Waals surface area contributed by atoms with E-state index >= 15 is 0 Å². The summed E-state index contributed by atoms with van der Waals surface area (Å²) in [6.07, 6.45) is 4.87. The van der Waals surface area contributed by atoms with Crippen LogP contribution in [0.15, 0.2) is 67.0 Å². The van der Waals surface area contributed by atoms with Crippen LogP contribution in [0.2, 0.25) is 10.2 Å². The van der Waals surface area contributed by atoms with Crippen molar-refractivity contribution in [2.75, 3.05) is 19.5 Å². The number of esters is 1. The number of ether oxygens (including phenoxy) is 3. The molecule has 2 aromatic carbocycles. The molecule has 0 bridgehead atoms. The van der Waals surface area contributed by atoms with Gasteiger partial charge in [0.1, 0.15) is 17.2 Å². The highest BCUT2D eigenvalue weighted by Crippen LogP contribution is 2.46. The van der Waals surface area contributed by atoms with Crippen LogP contribution in [0.3, 0.4) is 0 Å². The van der Waals surface area contributed by atoms with Crippen LogP contribution in [0.4, 0.5) is 5.95 Å². The summed E-state index contributed by atoms with van der Waals surface area (Å²) in [7, 11) is -1.49. The summed E-state index contributed by atoms with van der Waals surface area (Å²) in [5.41, 5.74) is 5.32. The van der Waals surface area contributed by atoms with Crippen LogP contribution in [-0.2, 0) is 23.4 Å². The number of nitrogens with zero attached hydrogens (tertiary/aromatic N) is 4. The van der Waals surface area contributed by atoms with Gasteiger partial charge in [0, 0.05) is 20.5 Å². The standard InChI is InChI=1S/C32H36ClN5O5Si/c1-7-18-32(19-41-44(31(3,4)5,22-14-10-8-11-15-22)23-16-12-9-13-17-23)26(40-6)25(42-21(2)39)29(43-32)38-20-35-24-27(33)36-30(34)37-28(24)38/h1,8-17,20,25-26,29H,18-19H2,2-6H3,(H2,34,36,37)/t25-,26+,29-,32-/m1/s1. The van der Waals surface area contributed by atoms with E-state index in [1.807, 2.05) is 36.4 Å². The Morgan fingerprint density at radius 2 is 1.75 bits per heavy atom. The summed E-state index contributed by atoms with van der Waals surface area (Å²) in [6, 6.07) is 20.5. The van der Waals surface area contributed by atoms with Gasteiger partial charge in [-0.15, -0.1) is 12.3 Å². The first kappa shape index (κ1) is 31.6. The molecule has 0 unspecified atom stereocenters. The fraction of sp³-hybridized carbons (Fsp3) is 0.375. The summed E-state index contributed by atoms with van der Waals surface area (Å²) in [5, 5.41) is 1.96. The van der Waals surface area contributed by atoms with Gasteiger partial charge in [0.05, 0.1) is 12.9 Å². The summed E-state index contributed by atoms with van der Waals surface area (Å²) < 4.78 is 27.7. The smallest absolute Gasteiger partial charge is 0.303 e. The molecule has 0 saturated carbocycles. The van der Waals surface area contributed by atoms with Crippen molar-refractivity contribution in [3.05, 3.63) is 72.1 Å². The maximum Gasteiger partial charge on any atom is 0.303 e. The van der Waals surface area contributed by atoms with E-state index in [0.717, 1.165) is 10.4 Å².